The molecule has 2 aromatic rings. The summed E-state index contributed by atoms with van der Waals surface area (Å²) >= 11 is 0. The van der Waals surface area contributed by atoms with E-state index >= 15 is 0 Å². The molecule has 2 atom stereocenters. The van der Waals surface area contributed by atoms with Gasteiger partial charge in [-0.3, -0.25) is 14.4 Å². The molecule has 3 heteroatoms. The van der Waals surface area contributed by atoms with E-state index in [0.717, 1.165) is 16.7 Å². The average molecular weight is 316 g/mol. The first kappa shape index (κ1) is 14.8. The Labute approximate surface area is 140 Å². The quantitative estimate of drug-likeness (QED) is 0.796. The van der Waals surface area contributed by atoms with Crippen LogP contribution in [-0.2, 0) is 9.59 Å². The van der Waals surface area contributed by atoms with E-state index in [0.29, 0.717) is 11.1 Å². The Morgan fingerprint density at radius 2 is 1.54 bits per heavy atom. The van der Waals surface area contributed by atoms with Gasteiger partial charge in [0.2, 0.25) is 0 Å². The van der Waals surface area contributed by atoms with Crippen LogP contribution < -0.4 is 0 Å². The molecular weight excluding hydrogens is 300 g/mol. The van der Waals surface area contributed by atoms with Crippen molar-refractivity contribution in [2.24, 2.45) is 5.92 Å². The molecule has 2 aromatic carbocycles. The van der Waals surface area contributed by atoms with Crippen molar-refractivity contribution >= 4 is 22.9 Å². The van der Waals surface area contributed by atoms with Crippen molar-refractivity contribution < 1.29 is 14.4 Å². The van der Waals surface area contributed by atoms with Crippen LogP contribution in [0.4, 0.5) is 0 Å². The third kappa shape index (κ3) is 2.01. The molecule has 0 aromatic heterocycles. The molecule has 4 rings (SSSR count). The number of hydrogen-bond acceptors (Lipinski definition) is 3. The maximum absolute atomic E-state index is 13.0. The lowest BCUT2D eigenvalue weighted by Crippen LogP contribution is -2.34. The van der Waals surface area contributed by atoms with Crippen LogP contribution >= 0.6 is 0 Å². The molecule has 0 saturated carbocycles. The minimum atomic E-state index is -0.774. The molecule has 0 fully saturated rings. The van der Waals surface area contributed by atoms with Gasteiger partial charge >= 0.3 is 0 Å². The maximum atomic E-state index is 13.0. The Morgan fingerprint density at radius 3 is 2.21 bits per heavy atom. The molecule has 0 saturated heterocycles. The van der Waals surface area contributed by atoms with Crippen molar-refractivity contribution in [2.75, 3.05) is 0 Å². The van der Waals surface area contributed by atoms with E-state index < -0.39 is 11.8 Å². The van der Waals surface area contributed by atoms with Crippen LogP contribution in [0.1, 0.15) is 40.7 Å². The molecule has 24 heavy (non-hydrogen) atoms. The molecule has 2 unspecified atom stereocenters. The molecular formula is C21H16O3. The molecule has 0 spiro atoms. The van der Waals surface area contributed by atoms with E-state index in [9.17, 15) is 14.4 Å². The predicted molar refractivity (Wildman–Crippen MR) is 90.7 cm³/mol. The fraction of sp³-hybridized carbons (Fsp3) is 0.190. The SMILES string of the molecule is CC(=O)C1C(=O)CC2=C(C(=O)c3ccccc32)C1c1ccccc1. The van der Waals surface area contributed by atoms with Crippen LogP contribution in [0.2, 0.25) is 0 Å². The summed E-state index contributed by atoms with van der Waals surface area (Å²) in [6.07, 6.45) is 0.158. The average Bonchev–Trinajstić information content (AvgIpc) is 2.87. The zero-order chi connectivity index (χ0) is 16.8. The number of carbonyl (C=O) groups is 3. The van der Waals surface area contributed by atoms with E-state index in [-0.39, 0.29) is 23.8 Å². The van der Waals surface area contributed by atoms with Crippen LogP contribution in [-0.4, -0.2) is 17.3 Å². The van der Waals surface area contributed by atoms with Crippen molar-refractivity contribution in [1.82, 2.24) is 0 Å². The van der Waals surface area contributed by atoms with Crippen molar-refractivity contribution in [3.05, 3.63) is 76.9 Å². The Balaban J connectivity index is 1.97. The summed E-state index contributed by atoms with van der Waals surface area (Å²) in [5.74, 6) is -1.58. The first-order valence-electron chi connectivity index (χ1n) is 8.05. The smallest absolute Gasteiger partial charge is 0.190 e. The molecule has 0 aliphatic heterocycles. The van der Waals surface area contributed by atoms with Gasteiger partial charge in [0.05, 0.1) is 5.92 Å². The molecule has 2 aliphatic carbocycles. The summed E-state index contributed by atoms with van der Waals surface area (Å²) in [6.45, 7) is 1.44. The van der Waals surface area contributed by atoms with Gasteiger partial charge in [-0.1, -0.05) is 54.6 Å². The lowest BCUT2D eigenvalue weighted by molar-refractivity contribution is -0.131. The Hall–Kier alpha value is -2.81. The lowest BCUT2D eigenvalue weighted by atomic mass is 9.69. The van der Waals surface area contributed by atoms with Gasteiger partial charge in [0.15, 0.2) is 5.78 Å². The van der Waals surface area contributed by atoms with Crippen molar-refractivity contribution in [3.8, 4) is 0 Å². The van der Waals surface area contributed by atoms with Gasteiger partial charge < -0.3 is 0 Å². The summed E-state index contributed by atoms with van der Waals surface area (Å²) < 4.78 is 0. The fourth-order valence-corrected chi connectivity index (χ4v) is 4.01. The standard InChI is InChI=1S/C21H16O3/c1-12(22)18-17(23)11-16-14-9-5-6-10-15(14)21(24)20(16)19(18)13-7-3-2-4-8-13/h2-10,18-19H,11H2,1H3. The number of ketones is 3. The van der Waals surface area contributed by atoms with E-state index in [4.69, 9.17) is 0 Å². The van der Waals surface area contributed by atoms with Crippen molar-refractivity contribution in [1.29, 1.82) is 0 Å². The zero-order valence-corrected chi connectivity index (χ0v) is 13.3. The molecule has 0 bridgehead atoms. The third-order valence-electron chi connectivity index (χ3n) is 5.01. The van der Waals surface area contributed by atoms with Crippen LogP contribution in [0, 0.1) is 5.92 Å². The first-order chi connectivity index (χ1) is 11.6. The second-order valence-corrected chi connectivity index (χ2v) is 6.39. The Kier molecular flexibility index (Phi) is 3.31. The minimum Gasteiger partial charge on any atom is -0.299 e. The molecule has 0 radical (unpaired) electrons. The van der Waals surface area contributed by atoms with Gasteiger partial charge in [-0.05, 0) is 23.6 Å². The number of allylic oxidation sites excluding steroid dienone is 2. The van der Waals surface area contributed by atoms with Gasteiger partial charge in [0, 0.05) is 23.5 Å². The fourth-order valence-electron chi connectivity index (χ4n) is 4.01. The van der Waals surface area contributed by atoms with Crippen molar-refractivity contribution in [2.45, 2.75) is 19.3 Å². The number of hydrogen-bond donors (Lipinski definition) is 0. The van der Waals surface area contributed by atoms with E-state index in [2.05, 4.69) is 0 Å². The normalized spacial score (nSPS) is 22.4. The summed E-state index contributed by atoms with van der Waals surface area (Å²) in [5, 5.41) is 0. The van der Waals surface area contributed by atoms with Crippen molar-refractivity contribution in [3.63, 3.8) is 0 Å². The number of benzene rings is 2. The maximum Gasteiger partial charge on any atom is 0.190 e. The number of rotatable bonds is 2. The Morgan fingerprint density at radius 1 is 0.917 bits per heavy atom. The monoisotopic (exact) mass is 316 g/mol. The van der Waals surface area contributed by atoms with Crippen LogP contribution in [0.25, 0.3) is 5.57 Å². The zero-order valence-electron chi connectivity index (χ0n) is 13.3. The Bertz CT molecular complexity index is 906. The van der Waals surface area contributed by atoms with Gasteiger partial charge in [0.1, 0.15) is 11.6 Å². The minimum absolute atomic E-state index is 0.0480. The van der Waals surface area contributed by atoms with E-state index in [1.54, 1.807) is 6.07 Å². The van der Waals surface area contributed by atoms with Crippen LogP contribution in [0.15, 0.2) is 60.2 Å². The summed E-state index contributed by atoms with van der Waals surface area (Å²) in [5.41, 5.74) is 3.75. The van der Waals surface area contributed by atoms with Gasteiger partial charge in [-0.2, -0.15) is 0 Å². The molecule has 0 amide bonds. The van der Waals surface area contributed by atoms with Gasteiger partial charge in [-0.25, -0.2) is 0 Å². The molecule has 2 aliphatic rings. The third-order valence-corrected chi connectivity index (χ3v) is 5.01. The molecule has 0 N–H and O–H groups in total. The van der Waals surface area contributed by atoms with E-state index in [1.165, 1.54) is 6.92 Å². The van der Waals surface area contributed by atoms with Crippen LogP contribution in [0.5, 0.6) is 0 Å². The summed E-state index contributed by atoms with van der Waals surface area (Å²) in [4.78, 5) is 37.9. The summed E-state index contributed by atoms with van der Waals surface area (Å²) in [7, 11) is 0. The predicted octanol–water partition coefficient (Wildman–Crippen LogP) is 3.60. The van der Waals surface area contributed by atoms with E-state index in [1.807, 2.05) is 48.5 Å². The number of Topliss-reactive ketones (excluding diaryl/α,β-unsaturated/α-hetero) is 3. The second kappa shape index (κ2) is 5.38. The molecule has 118 valence electrons. The highest BCUT2D eigenvalue weighted by Crippen LogP contribution is 2.49. The summed E-state index contributed by atoms with van der Waals surface area (Å²) in [6, 6.07) is 16.8. The number of carbonyl (C=O) groups excluding carboxylic acids is 3. The van der Waals surface area contributed by atoms with Gasteiger partial charge in [0.25, 0.3) is 0 Å². The van der Waals surface area contributed by atoms with Gasteiger partial charge in [-0.15, -0.1) is 0 Å². The first-order valence-corrected chi connectivity index (χ1v) is 8.05. The lowest BCUT2D eigenvalue weighted by Gasteiger charge is -2.30. The highest BCUT2D eigenvalue weighted by Gasteiger charge is 2.46. The number of fused-ring (bicyclic) bond motifs is 2. The van der Waals surface area contributed by atoms with Crippen LogP contribution in [0.3, 0.4) is 0 Å². The second-order valence-electron chi connectivity index (χ2n) is 6.39. The topological polar surface area (TPSA) is 51.2 Å². The highest BCUT2D eigenvalue weighted by atomic mass is 16.2. The molecule has 3 nitrogen and oxygen atoms in total. The highest BCUT2D eigenvalue weighted by molar-refractivity contribution is 6.26. The molecule has 0 heterocycles. The largest absolute Gasteiger partial charge is 0.299 e.